The van der Waals surface area contributed by atoms with Crippen LogP contribution in [0.4, 0.5) is 13.2 Å². The zero-order valence-electron chi connectivity index (χ0n) is 10.0. The van der Waals surface area contributed by atoms with Gasteiger partial charge < -0.3 is 5.11 Å². The predicted octanol–water partition coefficient (Wildman–Crippen LogP) is 2.48. The maximum absolute atomic E-state index is 12.6. The van der Waals surface area contributed by atoms with E-state index in [2.05, 4.69) is 0 Å². The Labute approximate surface area is 122 Å². The summed E-state index contributed by atoms with van der Waals surface area (Å²) in [6.45, 7) is -0.762. The standard InChI is InChI=1S/C10H11ClF3NO3S2/c11-7-1-2-8(19-7)20(17,18)15-5-3-9(16,4-6-15)10(12,13)14/h1-2,16H,3-6H2. The predicted molar refractivity (Wildman–Crippen MR) is 68.3 cm³/mol. The molecule has 114 valence electrons. The number of nitrogens with zero attached hydrogens (tertiary/aromatic N) is 1. The Morgan fingerprint density at radius 2 is 1.85 bits per heavy atom. The molecular weight excluding hydrogens is 339 g/mol. The molecule has 0 saturated carbocycles. The summed E-state index contributed by atoms with van der Waals surface area (Å²) >= 11 is 6.50. The maximum atomic E-state index is 12.6. The van der Waals surface area contributed by atoms with E-state index in [1.807, 2.05) is 0 Å². The Morgan fingerprint density at radius 3 is 2.25 bits per heavy atom. The molecule has 0 amide bonds. The number of hydrogen-bond donors (Lipinski definition) is 1. The summed E-state index contributed by atoms with van der Waals surface area (Å²) in [4.78, 5) is 0. The van der Waals surface area contributed by atoms with E-state index in [1.165, 1.54) is 12.1 Å². The summed E-state index contributed by atoms with van der Waals surface area (Å²) in [5, 5.41) is 9.50. The normalized spacial score (nSPS) is 21.1. The third-order valence-corrected chi connectivity index (χ3v) is 6.82. The number of rotatable bonds is 2. The summed E-state index contributed by atoms with van der Waals surface area (Å²) in [5.41, 5.74) is -2.81. The molecule has 1 fully saturated rings. The fraction of sp³-hybridized carbons (Fsp3) is 0.600. The van der Waals surface area contributed by atoms with Crippen molar-refractivity contribution in [3.63, 3.8) is 0 Å². The minimum atomic E-state index is -4.75. The highest BCUT2D eigenvalue weighted by molar-refractivity contribution is 7.91. The van der Waals surface area contributed by atoms with Crippen molar-refractivity contribution in [2.24, 2.45) is 0 Å². The molecule has 1 aliphatic rings. The van der Waals surface area contributed by atoms with Crippen LogP contribution in [0.15, 0.2) is 16.3 Å². The first-order chi connectivity index (χ1) is 9.06. The van der Waals surface area contributed by atoms with Gasteiger partial charge in [0.2, 0.25) is 0 Å². The molecule has 1 saturated heterocycles. The molecule has 1 aliphatic heterocycles. The first-order valence-electron chi connectivity index (χ1n) is 5.61. The molecule has 1 aromatic rings. The van der Waals surface area contributed by atoms with Gasteiger partial charge in [-0.3, -0.25) is 0 Å². The summed E-state index contributed by atoms with van der Waals surface area (Å²) in [6.07, 6.45) is -6.10. The molecule has 4 nitrogen and oxygen atoms in total. The molecule has 1 N–H and O–H groups in total. The maximum Gasteiger partial charge on any atom is 0.417 e. The molecule has 0 unspecified atom stereocenters. The third kappa shape index (κ3) is 2.82. The fourth-order valence-corrected chi connectivity index (χ4v) is 5.02. The van der Waals surface area contributed by atoms with Gasteiger partial charge in [-0.15, -0.1) is 11.3 Å². The quantitative estimate of drug-likeness (QED) is 0.892. The minimum Gasteiger partial charge on any atom is -0.380 e. The topological polar surface area (TPSA) is 57.6 Å². The van der Waals surface area contributed by atoms with Crippen molar-refractivity contribution in [3.8, 4) is 0 Å². The molecule has 10 heteroatoms. The van der Waals surface area contributed by atoms with Crippen molar-refractivity contribution in [1.29, 1.82) is 0 Å². The van der Waals surface area contributed by atoms with Crippen molar-refractivity contribution in [1.82, 2.24) is 4.31 Å². The van der Waals surface area contributed by atoms with Crippen LogP contribution < -0.4 is 0 Å². The highest BCUT2D eigenvalue weighted by Gasteiger charge is 2.55. The zero-order valence-corrected chi connectivity index (χ0v) is 12.4. The summed E-state index contributed by atoms with van der Waals surface area (Å²) in [5.74, 6) is 0. The van der Waals surface area contributed by atoms with Gasteiger partial charge in [0.15, 0.2) is 5.60 Å². The summed E-state index contributed by atoms with van der Waals surface area (Å²) in [6, 6.07) is 2.72. The van der Waals surface area contributed by atoms with Crippen LogP contribution in [0.3, 0.4) is 0 Å². The second-order valence-electron chi connectivity index (χ2n) is 4.49. The van der Waals surface area contributed by atoms with E-state index in [4.69, 9.17) is 11.6 Å². The van der Waals surface area contributed by atoms with Gasteiger partial charge in [0.1, 0.15) is 4.21 Å². The van der Waals surface area contributed by atoms with E-state index in [0.717, 1.165) is 15.6 Å². The minimum absolute atomic E-state index is 0.0139. The van der Waals surface area contributed by atoms with Gasteiger partial charge in [-0.25, -0.2) is 8.42 Å². The highest BCUT2D eigenvalue weighted by Crippen LogP contribution is 2.40. The number of sulfonamides is 1. The Hall–Kier alpha value is -0.350. The number of hydrogen-bond acceptors (Lipinski definition) is 4. The van der Waals surface area contributed by atoms with E-state index in [0.29, 0.717) is 0 Å². The average Bonchev–Trinajstić information content (AvgIpc) is 2.76. The Kier molecular flexibility index (Phi) is 4.11. The molecule has 0 aromatic carbocycles. The second-order valence-corrected chi connectivity index (χ2v) is 8.37. The Bertz CT molecular complexity index is 591. The SMILES string of the molecule is O=S(=O)(c1ccc(Cl)s1)N1CCC(O)(C(F)(F)F)CC1. The number of aliphatic hydroxyl groups is 1. The summed E-state index contributed by atoms with van der Waals surface area (Å²) in [7, 11) is -3.85. The van der Waals surface area contributed by atoms with Crippen LogP contribution in [0.5, 0.6) is 0 Å². The molecule has 0 radical (unpaired) electrons. The number of alkyl halides is 3. The van der Waals surface area contributed by atoms with Crippen LogP contribution in [-0.4, -0.2) is 42.7 Å². The van der Waals surface area contributed by atoms with E-state index < -0.39 is 34.6 Å². The molecule has 2 heterocycles. The molecule has 1 aromatic heterocycles. The monoisotopic (exact) mass is 349 g/mol. The number of halogens is 4. The lowest BCUT2D eigenvalue weighted by Gasteiger charge is -2.38. The third-order valence-electron chi connectivity index (χ3n) is 3.22. The van der Waals surface area contributed by atoms with Gasteiger partial charge in [-0.2, -0.15) is 17.5 Å². The van der Waals surface area contributed by atoms with Crippen molar-refractivity contribution in [3.05, 3.63) is 16.5 Å². The summed E-state index contributed by atoms with van der Waals surface area (Å²) < 4.78 is 63.5. The van der Waals surface area contributed by atoms with Crippen LogP contribution in [0.25, 0.3) is 0 Å². The Balaban J connectivity index is 2.15. The largest absolute Gasteiger partial charge is 0.417 e. The van der Waals surface area contributed by atoms with Gasteiger partial charge in [0.05, 0.1) is 4.34 Å². The van der Waals surface area contributed by atoms with Gasteiger partial charge in [0.25, 0.3) is 10.0 Å². The van der Waals surface area contributed by atoms with Crippen LogP contribution in [-0.2, 0) is 10.0 Å². The first kappa shape index (κ1) is 16.0. The molecule has 0 bridgehead atoms. The van der Waals surface area contributed by atoms with Crippen molar-refractivity contribution < 1.29 is 26.7 Å². The highest BCUT2D eigenvalue weighted by atomic mass is 35.5. The number of piperidine rings is 1. The van der Waals surface area contributed by atoms with E-state index in [-0.39, 0.29) is 21.6 Å². The van der Waals surface area contributed by atoms with Gasteiger partial charge in [0, 0.05) is 13.1 Å². The van der Waals surface area contributed by atoms with Crippen molar-refractivity contribution in [2.75, 3.05) is 13.1 Å². The molecule has 0 aliphatic carbocycles. The molecule has 20 heavy (non-hydrogen) atoms. The van der Waals surface area contributed by atoms with Gasteiger partial charge in [-0.1, -0.05) is 11.6 Å². The fourth-order valence-electron chi connectivity index (χ4n) is 1.94. The lowest BCUT2D eigenvalue weighted by atomic mass is 9.92. The lowest BCUT2D eigenvalue weighted by molar-refractivity contribution is -0.270. The Morgan fingerprint density at radius 1 is 1.30 bits per heavy atom. The van der Waals surface area contributed by atoms with Crippen molar-refractivity contribution >= 4 is 33.0 Å². The van der Waals surface area contributed by atoms with E-state index in [9.17, 15) is 26.7 Å². The molecule has 0 spiro atoms. The van der Waals surface area contributed by atoms with Crippen LogP contribution in [0.2, 0.25) is 4.34 Å². The second kappa shape index (κ2) is 5.13. The smallest absolute Gasteiger partial charge is 0.380 e. The zero-order chi connectivity index (χ0) is 15.2. The van der Waals surface area contributed by atoms with Gasteiger partial charge in [-0.05, 0) is 25.0 Å². The molecule has 2 rings (SSSR count). The molecule has 0 atom stereocenters. The van der Waals surface area contributed by atoms with E-state index >= 15 is 0 Å². The van der Waals surface area contributed by atoms with Crippen LogP contribution in [0.1, 0.15) is 12.8 Å². The van der Waals surface area contributed by atoms with Crippen LogP contribution >= 0.6 is 22.9 Å². The van der Waals surface area contributed by atoms with E-state index in [1.54, 1.807) is 0 Å². The van der Waals surface area contributed by atoms with Crippen LogP contribution in [0, 0.1) is 0 Å². The molecular formula is C10H11ClF3NO3S2. The van der Waals surface area contributed by atoms with Gasteiger partial charge >= 0.3 is 6.18 Å². The first-order valence-corrected chi connectivity index (χ1v) is 8.24. The lowest BCUT2D eigenvalue weighted by Crippen LogP contribution is -2.54. The number of thiophene rings is 1. The average molecular weight is 350 g/mol. The van der Waals surface area contributed by atoms with Crippen molar-refractivity contribution in [2.45, 2.75) is 28.8 Å².